The Kier molecular flexibility index (Phi) is 7.54. The molecule has 2 heteroatoms. The molecule has 0 spiro atoms. The molecule has 15 heavy (non-hydrogen) atoms. The van der Waals surface area contributed by atoms with Gasteiger partial charge in [-0.05, 0) is 30.3 Å². The molecule has 2 atom stereocenters. The predicted molar refractivity (Wildman–Crippen MR) is 71.4 cm³/mol. The van der Waals surface area contributed by atoms with Crippen molar-refractivity contribution in [2.24, 2.45) is 11.7 Å². The minimum Gasteiger partial charge on any atom is -0.327 e. The lowest BCUT2D eigenvalue weighted by Gasteiger charge is -2.17. The van der Waals surface area contributed by atoms with Gasteiger partial charge in [0.05, 0.1) is 0 Å². The van der Waals surface area contributed by atoms with Gasteiger partial charge < -0.3 is 5.73 Å². The monoisotopic (exact) mass is 229 g/mol. The number of thioether (sulfide) groups is 1. The van der Waals surface area contributed by atoms with Gasteiger partial charge in [0, 0.05) is 6.04 Å². The van der Waals surface area contributed by atoms with Gasteiger partial charge in [0.15, 0.2) is 0 Å². The Morgan fingerprint density at radius 2 is 1.93 bits per heavy atom. The van der Waals surface area contributed by atoms with Crippen LogP contribution in [0.4, 0.5) is 0 Å². The summed E-state index contributed by atoms with van der Waals surface area (Å²) in [6, 6.07) is 0.492. The molecule has 0 saturated carbocycles. The van der Waals surface area contributed by atoms with Crippen LogP contribution in [0.25, 0.3) is 0 Å². The van der Waals surface area contributed by atoms with E-state index < -0.39 is 0 Å². The number of rotatable bonds is 8. The van der Waals surface area contributed by atoms with Gasteiger partial charge in [-0.2, -0.15) is 11.8 Å². The second-order valence-electron chi connectivity index (χ2n) is 4.84. The van der Waals surface area contributed by atoms with E-state index in [4.69, 9.17) is 5.73 Å². The molecular formula is C13H27NS. The van der Waals surface area contributed by atoms with Gasteiger partial charge in [-0.15, -0.1) is 0 Å². The second kappa shape index (κ2) is 8.46. The average molecular weight is 229 g/mol. The van der Waals surface area contributed by atoms with Crippen molar-refractivity contribution < 1.29 is 0 Å². The summed E-state index contributed by atoms with van der Waals surface area (Å²) in [7, 11) is 0. The zero-order valence-electron chi connectivity index (χ0n) is 10.2. The van der Waals surface area contributed by atoms with Crippen LogP contribution in [0.15, 0.2) is 0 Å². The molecule has 0 aliphatic carbocycles. The quantitative estimate of drug-likeness (QED) is 0.640. The van der Waals surface area contributed by atoms with E-state index in [1.165, 1.54) is 62.9 Å². The Hall–Kier alpha value is 0.310. The summed E-state index contributed by atoms with van der Waals surface area (Å²) in [6.45, 7) is 2.27. The van der Waals surface area contributed by atoms with E-state index in [0.29, 0.717) is 6.04 Å². The Bertz CT molecular complexity index is 143. The van der Waals surface area contributed by atoms with Gasteiger partial charge in [-0.1, -0.05) is 45.4 Å². The molecule has 1 rings (SSSR count). The molecule has 0 bridgehead atoms. The molecule has 1 heterocycles. The number of nitrogens with two attached hydrogens (primary N) is 1. The summed E-state index contributed by atoms with van der Waals surface area (Å²) < 4.78 is 0. The molecule has 0 aromatic rings. The standard InChI is InChI=1S/C13H27NS/c1-2-3-4-5-6-7-8-13(14)12-9-10-15-11-12/h12-13H,2-11,14H2,1H3. The van der Waals surface area contributed by atoms with Crippen molar-refractivity contribution in [3.05, 3.63) is 0 Å². The van der Waals surface area contributed by atoms with Crippen molar-refractivity contribution in [2.45, 2.75) is 64.3 Å². The van der Waals surface area contributed by atoms with Crippen molar-refractivity contribution in [3.63, 3.8) is 0 Å². The molecule has 0 aromatic carbocycles. The minimum absolute atomic E-state index is 0.492. The third-order valence-corrected chi connectivity index (χ3v) is 4.65. The molecule has 2 N–H and O–H groups in total. The summed E-state index contributed by atoms with van der Waals surface area (Å²) >= 11 is 2.08. The van der Waals surface area contributed by atoms with Crippen molar-refractivity contribution in [1.29, 1.82) is 0 Å². The zero-order chi connectivity index (χ0) is 10.9. The molecule has 0 radical (unpaired) electrons. The van der Waals surface area contributed by atoms with Crippen LogP contribution < -0.4 is 5.73 Å². The second-order valence-corrected chi connectivity index (χ2v) is 5.99. The van der Waals surface area contributed by atoms with Gasteiger partial charge in [-0.3, -0.25) is 0 Å². The van der Waals surface area contributed by atoms with Crippen LogP contribution in [0.3, 0.4) is 0 Å². The highest BCUT2D eigenvalue weighted by Gasteiger charge is 2.21. The SMILES string of the molecule is CCCCCCCCC(N)C1CCSC1. The van der Waals surface area contributed by atoms with E-state index in [-0.39, 0.29) is 0 Å². The normalized spacial score (nSPS) is 23.2. The molecule has 0 aromatic heterocycles. The summed E-state index contributed by atoms with van der Waals surface area (Å²) in [5.41, 5.74) is 6.21. The van der Waals surface area contributed by atoms with E-state index >= 15 is 0 Å². The first-order valence-corrected chi connectivity index (χ1v) is 7.83. The van der Waals surface area contributed by atoms with Gasteiger partial charge in [0.1, 0.15) is 0 Å². The summed E-state index contributed by atoms with van der Waals surface area (Å²) in [4.78, 5) is 0. The molecular weight excluding hydrogens is 202 g/mol. The van der Waals surface area contributed by atoms with Crippen molar-refractivity contribution >= 4 is 11.8 Å². The Balaban J connectivity index is 1.90. The van der Waals surface area contributed by atoms with E-state index in [1.807, 2.05) is 0 Å². The topological polar surface area (TPSA) is 26.0 Å². The van der Waals surface area contributed by atoms with E-state index in [1.54, 1.807) is 0 Å². The van der Waals surface area contributed by atoms with Crippen LogP contribution in [-0.4, -0.2) is 17.5 Å². The Morgan fingerprint density at radius 1 is 1.20 bits per heavy atom. The van der Waals surface area contributed by atoms with Gasteiger partial charge in [0.25, 0.3) is 0 Å². The van der Waals surface area contributed by atoms with Crippen molar-refractivity contribution in [2.75, 3.05) is 11.5 Å². The van der Waals surface area contributed by atoms with Crippen LogP contribution in [0, 0.1) is 5.92 Å². The molecule has 90 valence electrons. The summed E-state index contributed by atoms with van der Waals surface area (Å²) in [5, 5.41) is 0. The number of hydrogen-bond donors (Lipinski definition) is 1. The average Bonchev–Trinajstić information content (AvgIpc) is 2.76. The smallest absolute Gasteiger partial charge is 0.00753 e. The molecule has 1 aliphatic heterocycles. The maximum Gasteiger partial charge on any atom is 0.00753 e. The van der Waals surface area contributed by atoms with Gasteiger partial charge >= 0.3 is 0 Å². The molecule has 1 nitrogen and oxygen atoms in total. The summed E-state index contributed by atoms with van der Waals surface area (Å²) in [5.74, 6) is 3.48. The van der Waals surface area contributed by atoms with Gasteiger partial charge in [-0.25, -0.2) is 0 Å². The highest BCUT2D eigenvalue weighted by molar-refractivity contribution is 7.99. The molecule has 1 aliphatic rings. The van der Waals surface area contributed by atoms with E-state index in [9.17, 15) is 0 Å². The first kappa shape index (κ1) is 13.4. The fourth-order valence-corrected chi connectivity index (χ4v) is 3.64. The fourth-order valence-electron chi connectivity index (χ4n) is 2.29. The molecule has 1 fully saturated rings. The predicted octanol–water partition coefficient (Wildman–Crippen LogP) is 3.82. The number of unbranched alkanes of at least 4 members (excludes halogenated alkanes) is 5. The van der Waals surface area contributed by atoms with Gasteiger partial charge in [0.2, 0.25) is 0 Å². The maximum atomic E-state index is 6.21. The lowest BCUT2D eigenvalue weighted by Crippen LogP contribution is -2.29. The van der Waals surface area contributed by atoms with Crippen LogP contribution in [0.2, 0.25) is 0 Å². The first-order chi connectivity index (χ1) is 7.34. The lowest BCUT2D eigenvalue weighted by molar-refractivity contribution is 0.420. The highest BCUT2D eigenvalue weighted by atomic mass is 32.2. The molecule has 2 unspecified atom stereocenters. The zero-order valence-corrected chi connectivity index (χ0v) is 11.0. The van der Waals surface area contributed by atoms with Crippen LogP contribution in [0.5, 0.6) is 0 Å². The summed E-state index contributed by atoms with van der Waals surface area (Å²) in [6.07, 6.45) is 11.0. The molecule has 1 saturated heterocycles. The fraction of sp³-hybridized carbons (Fsp3) is 1.00. The van der Waals surface area contributed by atoms with Crippen molar-refractivity contribution in [1.82, 2.24) is 0 Å². The Labute approximate surface area is 99.6 Å². The Morgan fingerprint density at radius 3 is 2.60 bits per heavy atom. The van der Waals surface area contributed by atoms with Crippen LogP contribution in [-0.2, 0) is 0 Å². The lowest BCUT2D eigenvalue weighted by atomic mass is 9.95. The van der Waals surface area contributed by atoms with E-state index in [2.05, 4.69) is 18.7 Å². The van der Waals surface area contributed by atoms with Crippen LogP contribution >= 0.6 is 11.8 Å². The molecule has 0 amide bonds. The van der Waals surface area contributed by atoms with Crippen LogP contribution in [0.1, 0.15) is 58.3 Å². The highest BCUT2D eigenvalue weighted by Crippen LogP contribution is 2.27. The third-order valence-electron chi connectivity index (χ3n) is 3.46. The van der Waals surface area contributed by atoms with Crippen molar-refractivity contribution in [3.8, 4) is 0 Å². The largest absolute Gasteiger partial charge is 0.327 e. The number of hydrogen-bond acceptors (Lipinski definition) is 2. The minimum atomic E-state index is 0.492. The van der Waals surface area contributed by atoms with E-state index in [0.717, 1.165) is 5.92 Å². The maximum absolute atomic E-state index is 6.21. The first-order valence-electron chi connectivity index (χ1n) is 6.68. The third kappa shape index (κ3) is 5.82.